The Morgan fingerprint density at radius 1 is 1.31 bits per heavy atom. The van der Waals surface area contributed by atoms with Gasteiger partial charge in [0, 0.05) is 18.8 Å². The zero-order valence-electron chi connectivity index (χ0n) is 10.8. The van der Waals surface area contributed by atoms with E-state index in [-0.39, 0.29) is 6.61 Å². The highest BCUT2D eigenvalue weighted by Gasteiger charge is 2.09. The Morgan fingerprint density at radius 2 is 2.00 bits per heavy atom. The minimum absolute atomic E-state index is 0.122. The van der Waals surface area contributed by atoms with E-state index in [0.717, 1.165) is 18.7 Å². The third kappa shape index (κ3) is 3.24. The van der Waals surface area contributed by atoms with Crippen molar-refractivity contribution in [2.75, 3.05) is 18.0 Å². The highest BCUT2D eigenvalue weighted by molar-refractivity contribution is 5.54. The van der Waals surface area contributed by atoms with Crippen LogP contribution in [0.4, 0.5) is 5.69 Å². The smallest absolute Gasteiger partial charge is 0.0681 e. The van der Waals surface area contributed by atoms with Crippen LogP contribution in [0.1, 0.15) is 31.9 Å². The fourth-order valence-corrected chi connectivity index (χ4v) is 2.01. The normalized spacial score (nSPS) is 10.9. The summed E-state index contributed by atoms with van der Waals surface area (Å²) < 4.78 is 0. The average Bonchev–Trinajstić information content (AvgIpc) is 2.25. The Kier molecular flexibility index (Phi) is 4.81. The SMILES string of the molecule is CCN(CC(C)C)c1ccc(CO)cc1C. The van der Waals surface area contributed by atoms with Gasteiger partial charge in [0.2, 0.25) is 0 Å². The summed E-state index contributed by atoms with van der Waals surface area (Å²) in [6, 6.07) is 6.19. The van der Waals surface area contributed by atoms with E-state index in [9.17, 15) is 0 Å². The summed E-state index contributed by atoms with van der Waals surface area (Å²) in [4.78, 5) is 2.39. The second kappa shape index (κ2) is 5.90. The molecular formula is C14H23NO. The molecule has 2 heteroatoms. The molecule has 16 heavy (non-hydrogen) atoms. The minimum atomic E-state index is 0.122. The number of nitrogens with zero attached hydrogens (tertiary/aromatic N) is 1. The molecule has 0 amide bonds. The van der Waals surface area contributed by atoms with Crippen molar-refractivity contribution in [1.29, 1.82) is 0 Å². The first-order valence-corrected chi connectivity index (χ1v) is 6.03. The Bertz CT molecular complexity index is 334. The first-order valence-electron chi connectivity index (χ1n) is 6.03. The molecule has 0 atom stereocenters. The van der Waals surface area contributed by atoms with Crippen molar-refractivity contribution in [2.45, 2.75) is 34.3 Å². The van der Waals surface area contributed by atoms with Gasteiger partial charge in [-0.3, -0.25) is 0 Å². The van der Waals surface area contributed by atoms with Gasteiger partial charge in [-0.05, 0) is 37.0 Å². The Labute approximate surface area is 98.9 Å². The van der Waals surface area contributed by atoms with Gasteiger partial charge in [0.25, 0.3) is 0 Å². The van der Waals surface area contributed by atoms with Crippen LogP contribution in [0.2, 0.25) is 0 Å². The maximum atomic E-state index is 9.08. The fraction of sp³-hybridized carbons (Fsp3) is 0.571. The standard InChI is InChI=1S/C14H23NO/c1-5-15(9-11(2)3)14-7-6-13(10-16)8-12(14)4/h6-8,11,16H,5,9-10H2,1-4H3. The molecular weight excluding hydrogens is 198 g/mol. The fourth-order valence-electron chi connectivity index (χ4n) is 2.01. The summed E-state index contributed by atoms with van der Waals surface area (Å²) >= 11 is 0. The van der Waals surface area contributed by atoms with E-state index < -0.39 is 0 Å². The van der Waals surface area contributed by atoms with Gasteiger partial charge in [-0.15, -0.1) is 0 Å². The molecule has 0 unspecified atom stereocenters. The summed E-state index contributed by atoms with van der Waals surface area (Å²) in [6.45, 7) is 11.0. The lowest BCUT2D eigenvalue weighted by Crippen LogP contribution is -2.27. The molecule has 0 saturated carbocycles. The van der Waals surface area contributed by atoms with Crippen molar-refractivity contribution < 1.29 is 5.11 Å². The van der Waals surface area contributed by atoms with Crippen LogP contribution in [0, 0.1) is 12.8 Å². The summed E-state index contributed by atoms with van der Waals surface area (Å²) in [6.07, 6.45) is 0. The lowest BCUT2D eigenvalue weighted by molar-refractivity contribution is 0.282. The molecule has 0 aliphatic rings. The van der Waals surface area contributed by atoms with Crippen LogP contribution < -0.4 is 4.90 Å². The van der Waals surface area contributed by atoms with E-state index in [2.05, 4.69) is 44.7 Å². The van der Waals surface area contributed by atoms with Crippen molar-refractivity contribution in [2.24, 2.45) is 5.92 Å². The second-order valence-electron chi connectivity index (χ2n) is 4.71. The monoisotopic (exact) mass is 221 g/mol. The zero-order valence-corrected chi connectivity index (χ0v) is 10.8. The van der Waals surface area contributed by atoms with Gasteiger partial charge < -0.3 is 10.0 Å². The molecule has 0 spiro atoms. The zero-order chi connectivity index (χ0) is 12.1. The number of hydrogen-bond donors (Lipinski definition) is 1. The maximum absolute atomic E-state index is 9.08. The van der Waals surface area contributed by atoms with E-state index in [0.29, 0.717) is 5.92 Å². The molecule has 2 nitrogen and oxygen atoms in total. The van der Waals surface area contributed by atoms with Crippen LogP contribution >= 0.6 is 0 Å². The summed E-state index contributed by atoms with van der Waals surface area (Å²) in [7, 11) is 0. The molecule has 1 aromatic carbocycles. The first-order chi connectivity index (χ1) is 7.58. The van der Waals surface area contributed by atoms with Crippen LogP contribution in [0.15, 0.2) is 18.2 Å². The minimum Gasteiger partial charge on any atom is -0.392 e. The molecule has 0 saturated heterocycles. The maximum Gasteiger partial charge on any atom is 0.0681 e. The number of anilines is 1. The van der Waals surface area contributed by atoms with E-state index in [1.54, 1.807) is 0 Å². The van der Waals surface area contributed by atoms with Crippen LogP contribution in [0.5, 0.6) is 0 Å². The summed E-state index contributed by atoms with van der Waals surface area (Å²) in [5.41, 5.74) is 3.52. The highest BCUT2D eigenvalue weighted by Crippen LogP contribution is 2.22. The van der Waals surface area contributed by atoms with E-state index >= 15 is 0 Å². The van der Waals surface area contributed by atoms with E-state index in [1.165, 1.54) is 11.3 Å². The number of benzene rings is 1. The van der Waals surface area contributed by atoms with E-state index in [1.807, 2.05) is 6.07 Å². The number of aryl methyl sites for hydroxylation is 1. The predicted octanol–water partition coefficient (Wildman–Crippen LogP) is 2.97. The number of hydrogen-bond acceptors (Lipinski definition) is 2. The topological polar surface area (TPSA) is 23.5 Å². The van der Waals surface area contributed by atoms with E-state index in [4.69, 9.17) is 5.11 Å². The van der Waals surface area contributed by atoms with Crippen molar-refractivity contribution in [1.82, 2.24) is 0 Å². The second-order valence-corrected chi connectivity index (χ2v) is 4.71. The van der Waals surface area contributed by atoms with Gasteiger partial charge in [0.1, 0.15) is 0 Å². The molecule has 0 aliphatic heterocycles. The lowest BCUT2D eigenvalue weighted by Gasteiger charge is -2.27. The van der Waals surface area contributed by atoms with Crippen LogP contribution in [0.3, 0.4) is 0 Å². The Morgan fingerprint density at radius 3 is 2.44 bits per heavy atom. The number of aliphatic hydroxyl groups excluding tert-OH is 1. The third-order valence-electron chi connectivity index (χ3n) is 2.75. The molecule has 0 radical (unpaired) electrons. The molecule has 1 aromatic rings. The molecule has 0 bridgehead atoms. The van der Waals surface area contributed by atoms with Crippen LogP contribution in [0.25, 0.3) is 0 Å². The lowest BCUT2D eigenvalue weighted by atomic mass is 10.1. The molecule has 0 fully saturated rings. The third-order valence-corrected chi connectivity index (χ3v) is 2.75. The molecule has 90 valence electrons. The Hall–Kier alpha value is -1.02. The van der Waals surface area contributed by atoms with Crippen molar-refractivity contribution >= 4 is 5.69 Å². The molecule has 0 heterocycles. The largest absolute Gasteiger partial charge is 0.392 e. The Balaban J connectivity index is 2.92. The molecule has 0 aliphatic carbocycles. The van der Waals surface area contributed by atoms with Gasteiger partial charge >= 0.3 is 0 Å². The van der Waals surface area contributed by atoms with Crippen molar-refractivity contribution in [3.8, 4) is 0 Å². The number of rotatable bonds is 5. The summed E-state index contributed by atoms with van der Waals surface area (Å²) in [5, 5.41) is 9.08. The van der Waals surface area contributed by atoms with Crippen LogP contribution in [-0.4, -0.2) is 18.2 Å². The molecule has 1 rings (SSSR count). The molecule has 1 N–H and O–H groups in total. The van der Waals surface area contributed by atoms with Crippen molar-refractivity contribution in [3.05, 3.63) is 29.3 Å². The van der Waals surface area contributed by atoms with Gasteiger partial charge in [0.15, 0.2) is 0 Å². The predicted molar refractivity (Wildman–Crippen MR) is 69.8 cm³/mol. The van der Waals surface area contributed by atoms with Gasteiger partial charge in [-0.2, -0.15) is 0 Å². The average molecular weight is 221 g/mol. The quantitative estimate of drug-likeness (QED) is 0.826. The number of aliphatic hydroxyl groups is 1. The van der Waals surface area contributed by atoms with Crippen molar-refractivity contribution in [3.63, 3.8) is 0 Å². The molecule has 0 aromatic heterocycles. The summed E-state index contributed by atoms with van der Waals surface area (Å²) in [5.74, 6) is 0.664. The van der Waals surface area contributed by atoms with Gasteiger partial charge in [-0.1, -0.05) is 26.0 Å². The van der Waals surface area contributed by atoms with Crippen LogP contribution in [-0.2, 0) is 6.61 Å². The highest BCUT2D eigenvalue weighted by atomic mass is 16.3. The van der Waals surface area contributed by atoms with Gasteiger partial charge in [0.05, 0.1) is 6.61 Å². The van der Waals surface area contributed by atoms with Gasteiger partial charge in [-0.25, -0.2) is 0 Å². The first kappa shape index (κ1) is 13.0.